The van der Waals surface area contributed by atoms with Crippen molar-refractivity contribution in [3.8, 4) is 0 Å². The molecule has 0 amide bonds. The molecule has 0 spiro atoms. The van der Waals surface area contributed by atoms with E-state index in [1.54, 1.807) is 0 Å². The van der Waals surface area contributed by atoms with Crippen molar-refractivity contribution in [1.82, 2.24) is 9.55 Å². The lowest BCUT2D eigenvalue weighted by molar-refractivity contribution is -0.0515. The third-order valence-corrected chi connectivity index (χ3v) is 7.54. The van der Waals surface area contributed by atoms with Crippen molar-refractivity contribution in [2.24, 2.45) is 0 Å². The molecule has 0 aliphatic carbocycles. The quantitative estimate of drug-likeness (QED) is 0.208. The summed E-state index contributed by atoms with van der Waals surface area (Å²) in [5.41, 5.74) is -0.144. The van der Waals surface area contributed by atoms with Gasteiger partial charge in [0.1, 0.15) is 6.10 Å². The van der Waals surface area contributed by atoms with Crippen LogP contribution in [0.15, 0.2) is 11.0 Å². The van der Waals surface area contributed by atoms with E-state index in [4.69, 9.17) is 31.6 Å². The summed E-state index contributed by atoms with van der Waals surface area (Å²) < 4.78 is 51.9. The van der Waals surface area contributed by atoms with Gasteiger partial charge in [-0.3, -0.25) is 18.9 Å². The van der Waals surface area contributed by atoms with Crippen LogP contribution in [0, 0.1) is 11.7 Å². The molecule has 5 atom stereocenters. The van der Waals surface area contributed by atoms with Crippen LogP contribution in [-0.2, 0) is 31.6 Å². The minimum Gasteiger partial charge on any atom is -0.388 e. The summed E-state index contributed by atoms with van der Waals surface area (Å²) in [4.78, 5) is 49.3. The van der Waals surface area contributed by atoms with Gasteiger partial charge in [0.05, 0.1) is 12.7 Å². The molecule has 15 nitrogen and oxygen atoms in total. The fraction of sp³-hybridized carbons (Fsp3) is 0.600. The highest BCUT2D eigenvalue weighted by Gasteiger charge is 2.42. The summed E-state index contributed by atoms with van der Waals surface area (Å²) in [5, 5.41) is 10.1. The summed E-state index contributed by atoms with van der Waals surface area (Å²) in [6.07, 6.45) is -1.98. The molecular formula is C10H17N2O13P3S. The Morgan fingerprint density at radius 2 is 1.86 bits per heavy atom. The average molecular weight is 498 g/mol. The molecule has 19 heteroatoms. The zero-order valence-corrected chi connectivity index (χ0v) is 17.9. The van der Waals surface area contributed by atoms with E-state index < -0.39 is 54.1 Å². The average Bonchev–Trinajstić information content (AvgIpc) is 2.86. The molecule has 0 aromatic carbocycles. The van der Waals surface area contributed by atoms with Crippen molar-refractivity contribution in [2.45, 2.75) is 31.8 Å². The number of phosphoric ester groups is 1. The molecule has 2 rings (SSSR count). The van der Waals surface area contributed by atoms with Crippen LogP contribution >= 0.6 is 35.7 Å². The van der Waals surface area contributed by atoms with Crippen molar-refractivity contribution in [3.05, 3.63) is 26.9 Å². The van der Waals surface area contributed by atoms with Gasteiger partial charge in [-0.2, -0.15) is 8.62 Å². The van der Waals surface area contributed by atoms with Gasteiger partial charge in [-0.1, -0.05) is 0 Å². The Kier molecular flexibility index (Phi) is 7.57. The fourth-order valence-electron chi connectivity index (χ4n) is 2.34. The SMILES string of the molecule is Cc1cn([C@@H]2O[C@H](COP(=O)(O)OP(=O)(O)OP(=O)(O)O)C[C@@H]2O)c(=S)[nH]c1=O. The second-order valence-electron chi connectivity index (χ2n) is 5.82. The van der Waals surface area contributed by atoms with Gasteiger partial charge >= 0.3 is 23.5 Å². The summed E-state index contributed by atoms with van der Waals surface area (Å²) in [6, 6.07) is 0. The lowest BCUT2D eigenvalue weighted by Crippen LogP contribution is -2.24. The Hall–Kier alpha value is -0.570. The number of aliphatic hydroxyl groups excluding tert-OH is 1. The number of nitrogens with one attached hydrogen (secondary N) is 1. The van der Waals surface area contributed by atoms with Gasteiger partial charge in [-0.25, -0.2) is 13.7 Å². The summed E-state index contributed by atoms with van der Waals surface area (Å²) >= 11 is 5.00. The van der Waals surface area contributed by atoms with Gasteiger partial charge in [0.2, 0.25) is 0 Å². The third-order valence-electron chi connectivity index (χ3n) is 3.42. The summed E-state index contributed by atoms with van der Waals surface area (Å²) in [7, 11) is -16.4. The zero-order chi connectivity index (χ0) is 22.2. The minimum absolute atomic E-state index is 0.0433. The Labute approximate surface area is 167 Å². The number of H-pyrrole nitrogens is 1. The number of ether oxygens (including phenoxy) is 1. The largest absolute Gasteiger partial charge is 0.490 e. The first-order valence-corrected chi connectivity index (χ1v) is 12.5. The third kappa shape index (κ3) is 7.26. The number of hydrogen-bond acceptors (Lipinski definition) is 10. The zero-order valence-electron chi connectivity index (χ0n) is 14.4. The van der Waals surface area contributed by atoms with Crippen molar-refractivity contribution in [2.75, 3.05) is 6.61 Å². The van der Waals surface area contributed by atoms with Gasteiger partial charge < -0.3 is 29.4 Å². The minimum atomic E-state index is -5.63. The van der Waals surface area contributed by atoms with Crippen LogP contribution in [-0.4, -0.2) is 53.0 Å². The van der Waals surface area contributed by atoms with E-state index in [1.165, 1.54) is 17.7 Å². The maximum Gasteiger partial charge on any atom is 0.490 e. The van der Waals surface area contributed by atoms with E-state index in [1.807, 2.05) is 0 Å². The molecule has 166 valence electrons. The van der Waals surface area contributed by atoms with E-state index >= 15 is 0 Å². The Balaban J connectivity index is 2.02. The predicted molar refractivity (Wildman–Crippen MR) is 95.0 cm³/mol. The number of phosphoric acid groups is 3. The molecule has 0 bridgehead atoms. The first-order chi connectivity index (χ1) is 13.1. The van der Waals surface area contributed by atoms with E-state index in [-0.39, 0.29) is 16.8 Å². The standard InChI is InChI=1S/C10H17N2O13P3S/c1-5-3-12(10(29)11-8(5)14)9-7(13)2-6(23-9)4-22-27(18,19)25-28(20,21)24-26(15,16)17/h3,6-7,9,13H,2,4H2,1H3,(H,18,19)(H,20,21)(H,11,14,29)(H2,15,16,17)/t6-,7-,9+/m0/s1. The molecule has 29 heavy (non-hydrogen) atoms. The molecule has 0 radical (unpaired) electrons. The summed E-state index contributed by atoms with van der Waals surface area (Å²) in [5.74, 6) is 0. The maximum atomic E-state index is 11.7. The van der Waals surface area contributed by atoms with Gasteiger partial charge in [-0.05, 0) is 19.1 Å². The lowest BCUT2D eigenvalue weighted by Gasteiger charge is -2.20. The van der Waals surface area contributed by atoms with E-state index in [9.17, 15) is 28.5 Å². The number of aliphatic hydroxyl groups is 1. The van der Waals surface area contributed by atoms with Crippen molar-refractivity contribution in [1.29, 1.82) is 0 Å². The first-order valence-electron chi connectivity index (χ1n) is 7.52. The van der Waals surface area contributed by atoms with E-state index in [2.05, 4.69) is 18.1 Å². The molecule has 1 aliphatic rings. The van der Waals surface area contributed by atoms with Gasteiger partial charge in [0.15, 0.2) is 11.0 Å². The number of aromatic nitrogens is 2. The Bertz CT molecular complexity index is 1020. The molecule has 1 aromatic heterocycles. The van der Waals surface area contributed by atoms with Gasteiger partial charge in [-0.15, -0.1) is 0 Å². The van der Waals surface area contributed by atoms with Crippen LogP contribution in [0.2, 0.25) is 0 Å². The molecular weight excluding hydrogens is 481 g/mol. The van der Waals surface area contributed by atoms with Crippen LogP contribution < -0.4 is 5.56 Å². The fourth-order valence-corrected chi connectivity index (χ4v) is 5.64. The maximum absolute atomic E-state index is 11.7. The normalized spacial score (nSPS) is 26.8. The van der Waals surface area contributed by atoms with E-state index in [0.29, 0.717) is 0 Å². The molecule has 2 unspecified atom stereocenters. The van der Waals surface area contributed by atoms with Gasteiger partial charge in [0.25, 0.3) is 5.56 Å². The Morgan fingerprint density at radius 1 is 1.24 bits per heavy atom. The smallest absolute Gasteiger partial charge is 0.388 e. The number of aromatic amines is 1. The number of hydrogen-bond donors (Lipinski definition) is 6. The second kappa shape index (κ2) is 8.89. The molecule has 1 aliphatic heterocycles. The van der Waals surface area contributed by atoms with Gasteiger partial charge in [0, 0.05) is 18.2 Å². The molecule has 1 saturated heterocycles. The van der Waals surface area contributed by atoms with Crippen molar-refractivity contribution >= 4 is 35.7 Å². The topological polar surface area (TPSA) is 227 Å². The highest BCUT2D eigenvalue weighted by atomic mass is 32.1. The molecule has 1 fully saturated rings. The number of nitrogens with zero attached hydrogens (tertiary/aromatic N) is 1. The number of rotatable bonds is 8. The van der Waals surface area contributed by atoms with Crippen LogP contribution in [0.1, 0.15) is 18.2 Å². The van der Waals surface area contributed by atoms with Crippen molar-refractivity contribution in [3.63, 3.8) is 0 Å². The van der Waals surface area contributed by atoms with Crippen LogP contribution in [0.3, 0.4) is 0 Å². The number of aryl methyl sites for hydroxylation is 1. The highest BCUT2D eigenvalue weighted by molar-refractivity contribution is 7.71. The second-order valence-corrected chi connectivity index (χ2v) is 10.6. The predicted octanol–water partition coefficient (Wildman–Crippen LogP) is 0.206. The van der Waals surface area contributed by atoms with Crippen LogP contribution in [0.4, 0.5) is 0 Å². The monoisotopic (exact) mass is 498 g/mol. The molecule has 0 saturated carbocycles. The summed E-state index contributed by atoms with van der Waals surface area (Å²) in [6.45, 7) is 0.783. The molecule has 2 heterocycles. The Morgan fingerprint density at radius 3 is 2.45 bits per heavy atom. The molecule has 6 N–H and O–H groups in total. The first kappa shape index (κ1) is 24.7. The highest BCUT2D eigenvalue weighted by Crippen LogP contribution is 2.66. The molecule has 1 aromatic rings. The van der Waals surface area contributed by atoms with Crippen LogP contribution in [0.5, 0.6) is 0 Å². The lowest BCUT2D eigenvalue weighted by atomic mass is 10.2. The van der Waals surface area contributed by atoms with Crippen molar-refractivity contribution < 1.29 is 56.3 Å². The van der Waals surface area contributed by atoms with Crippen LogP contribution in [0.25, 0.3) is 0 Å². The van der Waals surface area contributed by atoms with E-state index in [0.717, 1.165) is 0 Å².